The van der Waals surface area contributed by atoms with Gasteiger partial charge in [0, 0.05) is 57.0 Å². The molecular weight excluding hydrogens is 292 g/mol. The summed E-state index contributed by atoms with van der Waals surface area (Å²) in [6.07, 6.45) is 7.74. The van der Waals surface area contributed by atoms with Gasteiger partial charge in [0.05, 0.1) is 18.3 Å². The second-order valence-electron chi connectivity index (χ2n) is 6.85. The number of likely N-dealkylation sites (tertiary alicyclic amines) is 1. The largest absolute Gasteiger partial charge is 0.380 e. The van der Waals surface area contributed by atoms with Gasteiger partial charge in [0.15, 0.2) is 0 Å². The summed E-state index contributed by atoms with van der Waals surface area (Å²) in [6.45, 7) is 4.82. The first-order chi connectivity index (χ1) is 11.2. The van der Waals surface area contributed by atoms with Gasteiger partial charge in [-0.3, -0.25) is 4.90 Å². The van der Waals surface area contributed by atoms with Crippen LogP contribution in [-0.4, -0.2) is 45.9 Å². The number of rotatable bonds is 6. The summed E-state index contributed by atoms with van der Waals surface area (Å²) in [5.41, 5.74) is 0.940. The number of aryl methyl sites for hydroxylation is 1. The van der Waals surface area contributed by atoms with E-state index >= 15 is 0 Å². The van der Waals surface area contributed by atoms with Crippen molar-refractivity contribution in [2.45, 2.75) is 44.9 Å². The monoisotopic (exact) mass is 316 g/mol. The molecule has 0 amide bonds. The highest BCUT2D eigenvalue weighted by atomic mass is 16.5. The summed E-state index contributed by atoms with van der Waals surface area (Å²) in [5.74, 6) is 2.58. The van der Waals surface area contributed by atoms with Crippen LogP contribution >= 0.6 is 0 Å². The molecule has 0 unspecified atom stereocenters. The summed E-state index contributed by atoms with van der Waals surface area (Å²) < 4.78 is 13.4. The molecule has 6 nitrogen and oxygen atoms in total. The minimum Gasteiger partial charge on any atom is -0.380 e. The van der Waals surface area contributed by atoms with Crippen LogP contribution in [0.15, 0.2) is 23.0 Å². The Bertz CT molecular complexity index is 661. The Morgan fingerprint density at radius 2 is 2.22 bits per heavy atom. The molecule has 2 fully saturated rings. The standard InChI is InChI=1S/C17H24N4O2/c1-12-7-15(23-19-12)8-13-9-20(10-16(13)22-2)11-17-18-5-6-21(17)14-3-4-14/h5-7,13-14,16H,3-4,8-11H2,1-2H3/t13-,16+/m1/s1. The van der Waals surface area contributed by atoms with Crippen molar-refractivity contribution < 1.29 is 9.26 Å². The van der Waals surface area contributed by atoms with E-state index in [-0.39, 0.29) is 6.10 Å². The first kappa shape index (κ1) is 14.9. The Labute approximate surface area is 136 Å². The van der Waals surface area contributed by atoms with Crippen LogP contribution in [0.1, 0.15) is 36.2 Å². The third kappa shape index (κ3) is 3.19. The molecule has 4 rings (SSSR count). The quantitative estimate of drug-likeness (QED) is 0.818. The van der Waals surface area contributed by atoms with Crippen molar-refractivity contribution in [3.63, 3.8) is 0 Å². The summed E-state index contributed by atoms with van der Waals surface area (Å²) >= 11 is 0. The molecule has 3 heterocycles. The summed E-state index contributed by atoms with van der Waals surface area (Å²) in [4.78, 5) is 7.00. The molecule has 1 saturated heterocycles. The average Bonchev–Trinajstić information content (AvgIpc) is 2.95. The van der Waals surface area contributed by atoms with Crippen LogP contribution < -0.4 is 0 Å². The molecule has 0 N–H and O–H groups in total. The zero-order valence-corrected chi connectivity index (χ0v) is 13.8. The lowest BCUT2D eigenvalue weighted by atomic mass is 10.0. The first-order valence-corrected chi connectivity index (χ1v) is 8.42. The summed E-state index contributed by atoms with van der Waals surface area (Å²) in [6, 6.07) is 2.70. The number of ether oxygens (including phenoxy) is 1. The highest BCUT2D eigenvalue weighted by Gasteiger charge is 2.35. The van der Waals surface area contributed by atoms with Gasteiger partial charge in [-0.25, -0.2) is 4.98 Å². The fraction of sp³-hybridized carbons (Fsp3) is 0.647. The van der Waals surface area contributed by atoms with Crippen LogP contribution in [0.25, 0.3) is 0 Å². The SMILES string of the molecule is CO[C@H]1CN(Cc2nccn2C2CC2)C[C@H]1Cc1cc(C)no1. The second kappa shape index (κ2) is 6.09. The van der Waals surface area contributed by atoms with Gasteiger partial charge >= 0.3 is 0 Å². The molecule has 0 aromatic carbocycles. The van der Waals surface area contributed by atoms with Crippen molar-refractivity contribution in [2.24, 2.45) is 5.92 Å². The lowest BCUT2D eigenvalue weighted by molar-refractivity contribution is 0.0760. The van der Waals surface area contributed by atoms with Gasteiger partial charge in [-0.05, 0) is 19.8 Å². The van der Waals surface area contributed by atoms with Gasteiger partial charge in [-0.15, -0.1) is 0 Å². The number of imidazole rings is 1. The van der Waals surface area contributed by atoms with E-state index in [1.54, 1.807) is 7.11 Å². The van der Waals surface area contributed by atoms with Crippen molar-refractivity contribution in [1.29, 1.82) is 0 Å². The van der Waals surface area contributed by atoms with Crippen molar-refractivity contribution in [3.05, 3.63) is 35.7 Å². The molecule has 2 atom stereocenters. The molecule has 23 heavy (non-hydrogen) atoms. The van der Waals surface area contributed by atoms with Gasteiger partial charge in [0.25, 0.3) is 0 Å². The van der Waals surface area contributed by atoms with Crippen LogP contribution in [0.3, 0.4) is 0 Å². The van der Waals surface area contributed by atoms with Gasteiger partial charge in [0.1, 0.15) is 11.6 Å². The predicted molar refractivity (Wildman–Crippen MR) is 85.0 cm³/mol. The zero-order valence-electron chi connectivity index (χ0n) is 13.8. The maximum Gasteiger partial charge on any atom is 0.137 e. The molecule has 2 aliphatic rings. The smallest absolute Gasteiger partial charge is 0.137 e. The van der Waals surface area contributed by atoms with E-state index in [1.165, 1.54) is 18.7 Å². The van der Waals surface area contributed by atoms with Gasteiger partial charge < -0.3 is 13.8 Å². The van der Waals surface area contributed by atoms with E-state index < -0.39 is 0 Å². The molecule has 1 saturated carbocycles. The van der Waals surface area contributed by atoms with E-state index in [1.807, 2.05) is 19.2 Å². The Morgan fingerprint density at radius 1 is 1.35 bits per heavy atom. The Morgan fingerprint density at radius 3 is 2.91 bits per heavy atom. The predicted octanol–water partition coefficient (Wildman–Crippen LogP) is 2.20. The van der Waals surface area contributed by atoms with Crippen LogP contribution in [0, 0.1) is 12.8 Å². The van der Waals surface area contributed by atoms with Crippen LogP contribution in [-0.2, 0) is 17.7 Å². The second-order valence-corrected chi connectivity index (χ2v) is 6.85. The van der Waals surface area contributed by atoms with E-state index in [0.717, 1.165) is 37.5 Å². The number of aromatic nitrogens is 3. The number of hydrogen-bond donors (Lipinski definition) is 0. The molecule has 6 heteroatoms. The molecule has 1 aliphatic carbocycles. The lowest BCUT2D eigenvalue weighted by Gasteiger charge is -2.16. The van der Waals surface area contributed by atoms with Gasteiger partial charge in [-0.2, -0.15) is 0 Å². The van der Waals surface area contributed by atoms with E-state index in [2.05, 4.69) is 25.8 Å². The molecule has 2 aromatic rings. The zero-order chi connectivity index (χ0) is 15.8. The van der Waals surface area contributed by atoms with Crippen molar-refractivity contribution in [1.82, 2.24) is 19.6 Å². The fourth-order valence-electron chi connectivity index (χ4n) is 3.64. The number of nitrogens with zero attached hydrogens (tertiary/aromatic N) is 4. The van der Waals surface area contributed by atoms with Crippen LogP contribution in [0.2, 0.25) is 0 Å². The maximum absolute atomic E-state index is 5.71. The molecule has 124 valence electrons. The third-order valence-electron chi connectivity index (χ3n) is 4.95. The van der Waals surface area contributed by atoms with Gasteiger partial charge in [0.2, 0.25) is 0 Å². The van der Waals surface area contributed by atoms with Crippen molar-refractivity contribution in [3.8, 4) is 0 Å². The minimum absolute atomic E-state index is 0.241. The van der Waals surface area contributed by atoms with Crippen molar-refractivity contribution in [2.75, 3.05) is 20.2 Å². The Hall–Kier alpha value is -1.66. The average molecular weight is 316 g/mol. The fourth-order valence-corrected chi connectivity index (χ4v) is 3.64. The molecule has 0 spiro atoms. The highest BCUT2D eigenvalue weighted by Crippen LogP contribution is 2.36. The van der Waals surface area contributed by atoms with Crippen LogP contribution in [0.5, 0.6) is 0 Å². The number of hydrogen-bond acceptors (Lipinski definition) is 5. The molecule has 0 bridgehead atoms. The summed E-state index contributed by atoms with van der Waals surface area (Å²) in [5, 5.41) is 3.98. The molecule has 0 radical (unpaired) electrons. The highest BCUT2D eigenvalue weighted by molar-refractivity contribution is 5.06. The summed E-state index contributed by atoms with van der Waals surface area (Å²) in [7, 11) is 1.80. The van der Waals surface area contributed by atoms with Gasteiger partial charge in [-0.1, -0.05) is 5.16 Å². The normalized spacial score (nSPS) is 25.3. The molecular formula is C17H24N4O2. The minimum atomic E-state index is 0.241. The van der Waals surface area contributed by atoms with E-state index in [4.69, 9.17) is 9.26 Å². The number of methoxy groups -OCH3 is 1. The molecule has 1 aliphatic heterocycles. The van der Waals surface area contributed by atoms with Crippen LogP contribution in [0.4, 0.5) is 0 Å². The molecule has 2 aromatic heterocycles. The topological polar surface area (TPSA) is 56.3 Å². The first-order valence-electron chi connectivity index (χ1n) is 8.42. The third-order valence-corrected chi connectivity index (χ3v) is 4.95. The Kier molecular flexibility index (Phi) is 3.95. The van der Waals surface area contributed by atoms with E-state index in [9.17, 15) is 0 Å². The lowest BCUT2D eigenvalue weighted by Crippen LogP contribution is -2.24. The van der Waals surface area contributed by atoms with E-state index in [0.29, 0.717) is 12.0 Å². The van der Waals surface area contributed by atoms with Crippen molar-refractivity contribution >= 4 is 0 Å². The maximum atomic E-state index is 5.71. The Balaban J connectivity index is 1.41.